The zero-order valence-electron chi connectivity index (χ0n) is 18.2. The molecule has 5 nitrogen and oxygen atoms in total. The van der Waals surface area contributed by atoms with Crippen LogP contribution in [0, 0.1) is 11.2 Å². The van der Waals surface area contributed by atoms with Gasteiger partial charge in [0.25, 0.3) is 0 Å². The summed E-state index contributed by atoms with van der Waals surface area (Å²) >= 11 is 0. The largest absolute Gasteiger partial charge is 0.497 e. The summed E-state index contributed by atoms with van der Waals surface area (Å²) in [5.41, 5.74) is 8.36. The fourth-order valence-electron chi connectivity index (χ4n) is 4.89. The minimum Gasteiger partial charge on any atom is -0.497 e. The van der Waals surface area contributed by atoms with E-state index < -0.39 is 0 Å². The fraction of sp³-hybridized carbons (Fsp3) is 0.480. The van der Waals surface area contributed by atoms with Crippen LogP contribution in [0.15, 0.2) is 48.5 Å². The average Bonchev–Trinajstić information content (AvgIpc) is 3.08. The maximum atomic E-state index is 13.4. The molecule has 1 amide bonds. The van der Waals surface area contributed by atoms with E-state index in [1.54, 1.807) is 13.2 Å². The molecule has 166 valence electrons. The number of ether oxygens (including phenoxy) is 1. The Bertz CT molecular complexity index is 894. The number of hydrogen-bond acceptors (Lipinski definition) is 4. The van der Waals surface area contributed by atoms with Gasteiger partial charge in [0.2, 0.25) is 5.91 Å². The lowest BCUT2D eigenvalue weighted by Gasteiger charge is -2.39. The van der Waals surface area contributed by atoms with Crippen molar-refractivity contribution < 1.29 is 13.9 Å². The molecule has 2 heterocycles. The van der Waals surface area contributed by atoms with Gasteiger partial charge in [-0.25, -0.2) is 4.39 Å². The Hall–Kier alpha value is -2.44. The smallest absolute Gasteiger partial charge is 0.223 e. The molecular formula is C25H32FN3O2. The molecule has 2 aliphatic rings. The second kappa shape index (κ2) is 9.37. The highest BCUT2D eigenvalue weighted by Gasteiger charge is 2.44. The van der Waals surface area contributed by atoms with Gasteiger partial charge in [-0.2, -0.15) is 0 Å². The van der Waals surface area contributed by atoms with E-state index in [9.17, 15) is 9.18 Å². The van der Waals surface area contributed by atoms with Gasteiger partial charge in [-0.1, -0.05) is 24.3 Å². The van der Waals surface area contributed by atoms with Crippen LogP contribution in [0.1, 0.15) is 42.9 Å². The van der Waals surface area contributed by atoms with Crippen molar-refractivity contribution >= 4 is 5.91 Å². The highest BCUT2D eigenvalue weighted by atomic mass is 19.1. The van der Waals surface area contributed by atoms with E-state index in [1.165, 1.54) is 12.1 Å². The Labute approximate surface area is 184 Å². The molecule has 2 fully saturated rings. The van der Waals surface area contributed by atoms with Crippen molar-refractivity contribution in [2.45, 2.75) is 38.3 Å². The summed E-state index contributed by atoms with van der Waals surface area (Å²) in [6.07, 6.45) is 3.53. The van der Waals surface area contributed by atoms with E-state index in [2.05, 4.69) is 4.90 Å². The number of carbonyl (C=O) groups excluding carboxylic acids is 1. The third-order valence-electron chi connectivity index (χ3n) is 6.89. The number of likely N-dealkylation sites (tertiary alicyclic amines) is 2. The molecule has 0 aromatic heterocycles. The molecule has 0 radical (unpaired) electrons. The Morgan fingerprint density at radius 3 is 2.58 bits per heavy atom. The Balaban J connectivity index is 1.26. The number of amides is 1. The van der Waals surface area contributed by atoms with Crippen molar-refractivity contribution in [2.24, 2.45) is 11.1 Å². The molecular weight excluding hydrogens is 393 g/mol. The monoisotopic (exact) mass is 425 g/mol. The van der Waals surface area contributed by atoms with Crippen LogP contribution in [0.4, 0.5) is 4.39 Å². The average molecular weight is 426 g/mol. The summed E-state index contributed by atoms with van der Waals surface area (Å²) in [5.74, 6) is 0.854. The van der Waals surface area contributed by atoms with Crippen molar-refractivity contribution in [3.8, 4) is 5.75 Å². The van der Waals surface area contributed by atoms with Crippen LogP contribution in [-0.2, 0) is 11.3 Å². The summed E-state index contributed by atoms with van der Waals surface area (Å²) in [4.78, 5) is 17.1. The number of carbonyl (C=O) groups is 1. The number of nitrogens with two attached hydrogens (primary N) is 1. The molecule has 0 saturated carbocycles. The molecule has 2 aromatic rings. The number of rotatable bonds is 7. The second-order valence-electron chi connectivity index (χ2n) is 9.07. The Kier molecular flexibility index (Phi) is 6.58. The van der Waals surface area contributed by atoms with Gasteiger partial charge in [-0.05, 0) is 79.7 Å². The van der Waals surface area contributed by atoms with Crippen LogP contribution in [0.2, 0.25) is 0 Å². The van der Waals surface area contributed by atoms with Crippen LogP contribution in [-0.4, -0.2) is 49.0 Å². The van der Waals surface area contributed by atoms with Crippen LogP contribution >= 0.6 is 0 Å². The lowest BCUT2D eigenvalue weighted by Crippen LogP contribution is -2.42. The minimum absolute atomic E-state index is 0.102. The molecule has 2 aromatic carbocycles. The van der Waals surface area contributed by atoms with E-state index in [1.807, 2.05) is 35.2 Å². The number of halogens is 1. The third-order valence-corrected chi connectivity index (χ3v) is 6.89. The third kappa shape index (κ3) is 5.25. The molecule has 2 N–H and O–H groups in total. The van der Waals surface area contributed by atoms with Crippen LogP contribution in [0.25, 0.3) is 0 Å². The summed E-state index contributed by atoms with van der Waals surface area (Å²) in [6, 6.07) is 14.4. The van der Waals surface area contributed by atoms with Crippen LogP contribution in [0.3, 0.4) is 0 Å². The molecule has 2 aliphatic heterocycles. The van der Waals surface area contributed by atoms with E-state index in [0.29, 0.717) is 13.0 Å². The van der Waals surface area contributed by atoms with Gasteiger partial charge in [0.15, 0.2) is 0 Å². The molecule has 1 atom stereocenters. The van der Waals surface area contributed by atoms with Gasteiger partial charge in [0.05, 0.1) is 7.11 Å². The maximum absolute atomic E-state index is 13.4. The SMILES string of the molecule is COc1ccc(CN2CC3(CCN(CC[C@H](N)c4cccc(F)c4)CC3)CC2=O)cc1. The summed E-state index contributed by atoms with van der Waals surface area (Å²) < 4.78 is 18.6. The number of piperidine rings is 1. The number of hydrogen-bond donors (Lipinski definition) is 1. The quantitative estimate of drug-likeness (QED) is 0.734. The second-order valence-corrected chi connectivity index (χ2v) is 9.07. The molecule has 4 rings (SSSR count). The van der Waals surface area contributed by atoms with Gasteiger partial charge in [0.1, 0.15) is 11.6 Å². The topological polar surface area (TPSA) is 58.8 Å². The van der Waals surface area contributed by atoms with E-state index >= 15 is 0 Å². The van der Waals surface area contributed by atoms with Gasteiger partial charge in [0, 0.05) is 25.6 Å². The zero-order valence-corrected chi connectivity index (χ0v) is 18.2. The standard InChI is InChI=1S/C25H32FN3O2/c1-31-22-7-5-19(6-8-22)17-29-18-25(16-24(29)30)10-13-28(14-11-25)12-9-23(27)20-3-2-4-21(26)15-20/h2-8,15,23H,9-14,16-18,27H2,1H3/t23-/m0/s1. The van der Waals surface area contributed by atoms with E-state index in [0.717, 1.165) is 62.3 Å². The lowest BCUT2D eigenvalue weighted by molar-refractivity contribution is -0.128. The van der Waals surface area contributed by atoms with Crippen molar-refractivity contribution in [1.29, 1.82) is 0 Å². The predicted octanol–water partition coefficient (Wildman–Crippen LogP) is 3.74. The lowest BCUT2D eigenvalue weighted by atomic mass is 9.77. The molecule has 2 saturated heterocycles. The molecule has 31 heavy (non-hydrogen) atoms. The highest BCUT2D eigenvalue weighted by molar-refractivity contribution is 5.79. The van der Waals surface area contributed by atoms with Gasteiger partial charge in [-0.15, -0.1) is 0 Å². The number of benzene rings is 2. The Morgan fingerprint density at radius 1 is 1.16 bits per heavy atom. The van der Waals surface area contributed by atoms with Crippen molar-refractivity contribution in [3.63, 3.8) is 0 Å². The summed E-state index contributed by atoms with van der Waals surface area (Å²) in [6.45, 7) is 4.38. The van der Waals surface area contributed by atoms with Crippen molar-refractivity contribution in [1.82, 2.24) is 9.80 Å². The predicted molar refractivity (Wildman–Crippen MR) is 119 cm³/mol. The number of nitrogens with zero attached hydrogens (tertiary/aromatic N) is 2. The van der Waals surface area contributed by atoms with Gasteiger partial charge < -0.3 is 20.3 Å². The molecule has 0 aliphatic carbocycles. The summed E-state index contributed by atoms with van der Waals surface area (Å²) in [7, 11) is 1.66. The first-order valence-electron chi connectivity index (χ1n) is 11.1. The molecule has 6 heteroatoms. The molecule has 0 bridgehead atoms. The van der Waals surface area contributed by atoms with Gasteiger partial charge in [-0.3, -0.25) is 4.79 Å². The van der Waals surface area contributed by atoms with Crippen molar-refractivity contribution in [2.75, 3.05) is 33.3 Å². The van der Waals surface area contributed by atoms with E-state index in [4.69, 9.17) is 10.5 Å². The fourth-order valence-corrected chi connectivity index (χ4v) is 4.89. The molecule has 0 unspecified atom stereocenters. The van der Waals surface area contributed by atoms with Crippen molar-refractivity contribution in [3.05, 3.63) is 65.5 Å². The highest BCUT2D eigenvalue weighted by Crippen LogP contribution is 2.41. The normalized spacial score (nSPS) is 19.7. The maximum Gasteiger partial charge on any atom is 0.223 e. The molecule has 1 spiro atoms. The first-order chi connectivity index (χ1) is 15.0. The van der Waals surface area contributed by atoms with Gasteiger partial charge >= 0.3 is 0 Å². The first kappa shape index (κ1) is 21.8. The van der Waals surface area contributed by atoms with E-state index in [-0.39, 0.29) is 23.2 Å². The number of methoxy groups -OCH3 is 1. The van der Waals surface area contributed by atoms with Crippen LogP contribution in [0.5, 0.6) is 5.75 Å². The zero-order chi connectivity index (χ0) is 21.8. The summed E-state index contributed by atoms with van der Waals surface area (Å²) in [5, 5.41) is 0. The Morgan fingerprint density at radius 2 is 1.90 bits per heavy atom. The first-order valence-corrected chi connectivity index (χ1v) is 11.1. The van der Waals surface area contributed by atoms with Crippen LogP contribution < -0.4 is 10.5 Å². The minimum atomic E-state index is -0.238.